The van der Waals surface area contributed by atoms with Crippen molar-refractivity contribution in [3.63, 3.8) is 0 Å². The largest absolute Gasteiger partial charge is 0.468 e. The molecule has 104 valence electrons. The summed E-state index contributed by atoms with van der Waals surface area (Å²) in [6, 6.07) is 1.26. The second kappa shape index (κ2) is 5.57. The normalized spacial score (nSPS) is 32.6. The molecule has 2 atom stereocenters. The molecule has 4 heteroatoms. The first kappa shape index (κ1) is 13.8. The molecule has 2 saturated carbocycles. The van der Waals surface area contributed by atoms with E-state index in [1.165, 1.54) is 26.4 Å². The Hall–Kier alpha value is -0.610. The van der Waals surface area contributed by atoms with Crippen molar-refractivity contribution in [2.24, 2.45) is 0 Å². The lowest BCUT2D eigenvalue weighted by Crippen LogP contribution is -2.52. The summed E-state index contributed by atoms with van der Waals surface area (Å²) in [6.45, 7) is 2.86. The highest BCUT2D eigenvalue weighted by atomic mass is 16.5. The maximum absolute atomic E-state index is 12.0. The van der Waals surface area contributed by atoms with E-state index in [1.807, 2.05) is 6.92 Å². The zero-order valence-corrected chi connectivity index (χ0v) is 11.9. The Morgan fingerprint density at radius 2 is 2.11 bits per heavy atom. The summed E-state index contributed by atoms with van der Waals surface area (Å²) in [7, 11) is 3.71. The van der Waals surface area contributed by atoms with Crippen LogP contribution in [0.3, 0.4) is 0 Å². The van der Waals surface area contributed by atoms with Crippen LogP contribution in [0, 0.1) is 0 Å². The average Bonchev–Trinajstić information content (AvgIpc) is 2.72. The van der Waals surface area contributed by atoms with Gasteiger partial charge < -0.3 is 15.0 Å². The van der Waals surface area contributed by atoms with Gasteiger partial charge in [0.15, 0.2) is 0 Å². The molecule has 0 aromatic heterocycles. The molecule has 4 nitrogen and oxygen atoms in total. The van der Waals surface area contributed by atoms with Gasteiger partial charge >= 0.3 is 5.97 Å². The van der Waals surface area contributed by atoms with E-state index in [1.54, 1.807) is 0 Å². The third-order valence-corrected chi connectivity index (χ3v) is 4.81. The fourth-order valence-corrected chi connectivity index (χ4v) is 3.41. The van der Waals surface area contributed by atoms with Gasteiger partial charge in [-0.2, -0.15) is 0 Å². The number of esters is 1. The monoisotopic (exact) mass is 254 g/mol. The molecule has 0 aromatic carbocycles. The van der Waals surface area contributed by atoms with E-state index in [9.17, 15) is 4.79 Å². The van der Waals surface area contributed by atoms with E-state index < -0.39 is 5.54 Å². The van der Waals surface area contributed by atoms with Gasteiger partial charge in [-0.25, -0.2) is 0 Å². The summed E-state index contributed by atoms with van der Waals surface area (Å²) in [4.78, 5) is 14.5. The molecule has 2 aliphatic carbocycles. The Morgan fingerprint density at radius 1 is 1.39 bits per heavy atom. The van der Waals surface area contributed by atoms with E-state index in [0.717, 1.165) is 31.8 Å². The van der Waals surface area contributed by atoms with Crippen LogP contribution in [0.2, 0.25) is 0 Å². The van der Waals surface area contributed by atoms with Crippen LogP contribution < -0.4 is 5.32 Å². The predicted molar refractivity (Wildman–Crippen MR) is 71.5 cm³/mol. The SMILES string of the molecule is CCNC1(C(=O)OC)CCC(N(C)C2CCC2)C1. The van der Waals surface area contributed by atoms with Crippen LogP contribution in [0.5, 0.6) is 0 Å². The summed E-state index contributed by atoms with van der Waals surface area (Å²) < 4.78 is 5.00. The summed E-state index contributed by atoms with van der Waals surface area (Å²) >= 11 is 0. The number of ether oxygens (including phenoxy) is 1. The molecule has 2 aliphatic rings. The maximum Gasteiger partial charge on any atom is 0.326 e. The molecule has 0 bridgehead atoms. The standard InChI is InChI=1S/C14H26N2O2/c1-4-15-14(13(17)18-3)9-8-12(10-14)16(2)11-6-5-7-11/h11-12,15H,4-10H2,1-3H3. The van der Waals surface area contributed by atoms with Crippen LogP contribution >= 0.6 is 0 Å². The Balaban J connectivity index is 2.00. The number of carbonyl (C=O) groups excluding carboxylic acids is 1. The number of hydrogen-bond donors (Lipinski definition) is 1. The molecule has 0 spiro atoms. The first-order chi connectivity index (χ1) is 8.63. The minimum absolute atomic E-state index is 0.0890. The van der Waals surface area contributed by atoms with Gasteiger partial charge in [-0.1, -0.05) is 13.3 Å². The maximum atomic E-state index is 12.0. The molecule has 0 radical (unpaired) electrons. The first-order valence-electron chi connectivity index (χ1n) is 7.18. The highest BCUT2D eigenvalue weighted by molar-refractivity contribution is 5.81. The summed E-state index contributed by atoms with van der Waals surface area (Å²) in [6.07, 6.45) is 6.88. The zero-order chi connectivity index (χ0) is 13.2. The fraction of sp³-hybridized carbons (Fsp3) is 0.929. The average molecular weight is 254 g/mol. The van der Waals surface area contributed by atoms with Crippen LogP contribution in [0.15, 0.2) is 0 Å². The Bertz CT molecular complexity index is 304. The van der Waals surface area contributed by atoms with Crippen molar-refractivity contribution in [1.29, 1.82) is 0 Å². The molecule has 0 aromatic rings. The van der Waals surface area contributed by atoms with Crippen LogP contribution in [0.4, 0.5) is 0 Å². The van der Waals surface area contributed by atoms with Gasteiger partial charge in [0.05, 0.1) is 7.11 Å². The van der Waals surface area contributed by atoms with Gasteiger partial charge in [0, 0.05) is 12.1 Å². The van der Waals surface area contributed by atoms with E-state index in [4.69, 9.17) is 4.74 Å². The van der Waals surface area contributed by atoms with Crippen molar-refractivity contribution in [2.75, 3.05) is 20.7 Å². The second-order valence-electron chi connectivity index (χ2n) is 5.75. The lowest BCUT2D eigenvalue weighted by molar-refractivity contribution is -0.148. The smallest absolute Gasteiger partial charge is 0.326 e. The number of methoxy groups -OCH3 is 1. The number of likely N-dealkylation sites (N-methyl/N-ethyl adjacent to an activating group) is 1. The van der Waals surface area contributed by atoms with Crippen molar-refractivity contribution in [2.45, 2.75) is 63.1 Å². The molecule has 2 rings (SSSR count). The van der Waals surface area contributed by atoms with E-state index in [0.29, 0.717) is 6.04 Å². The highest BCUT2D eigenvalue weighted by Crippen LogP contribution is 2.37. The molecule has 18 heavy (non-hydrogen) atoms. The van der Waals surface area contributed by atoms with Gasteiger partial charge in [0.25, 0.3) is 0 Å². The third-order valence-electron chi connectivity index (χ3n) is 4.81. The molecule has 2 fully saturated rings. The molecule has 0 amide bonds. The minimum Gasteiger partial charge on any atom is -0.468 e. The van der Waals surface area contributed by atoms with Crippen molar-refractivity contribution >= 4 is 5.97 Å². The van der Waals surface area contributed by atoms with Gasteiger partial charge in [-0.05, 0) is 45.7 Å². The molecule has 2 unspecified atom stereocenters. The first-order valence-corrected chi connectivity index (χ1v) is 7.18. The van der Waals surface area contributed by atoms with E-state index >= 15 is 0 Å². The van der Waals surface area contributed by atoms with Gasteiger partial charge in [-0.15, -0.1) is 0 Å². The molecule has 0 heterocycles. The molecule has 0 saturated heterocycles. The minimum atomic E-state index is -0.438. The number of rotatable bonds is 5. The van der Waals surface area contributed by atoms with Crippen molar-refractivity contribution < 1.29 is 9.53 Å². The molecular formula is C14H26N2O2. The predicted octanol–water partition coefficient (Wildman–Crippen LogP) is 1.54. The third kappa shape index (κ3) is 2.41. The highest BCUT2D eigenvalue weighted by Gasteiger charge is 2.47. The molecular weight excluding hydrogens is 228 g/mol. The number of nitrogens with zero attached hydrogens (tertiary/aromatic N) is 1. The lowest BCUT2D eigenvalue weighted by Gasteiger charge is -2.39. The number of nitrogens with one attached hydrogen (secondary N) is 1. The van der Waals surface area contributed by atoms with Crippen molar-refractivity contribution in [3.8, 4) is 0 Å². The van der Waals surface area contributed by atoms with Gasteiger partial charge in [0.1, 0.15) is 5.54 Å². The summed E-state index contributed by atoms with van der Waals surface area (Å²) in [5, 5.41) is 3.37. The van der Waals surface area contributed by atoms with Crippen LogP contribution in [-0.4, -0.2) is 49.2 Å². The van der Waals surface area contributed by atoms with Gasteiger partial charge in [0.2, 0.25) is 0 Å². The Kier molecular flexibility index (Phi) is 4.28. The molecule has 1 N–H and O–H groups in total. The van der Waals surface area contributed by atoms with Crippen molar-refractivity contribution in [1.82, 2.24) is 10.2 Å². The quantitative estimate of drug-likeness (QED) is 0.756. The number of carbonyl (C=O) groups is 1. The molecule has 0 aliphatic heterocycles. The zero-order valence-electron chi connectivity index (χ0n) is 11.9. The Labute approximate surface area is 110 Å². The second-order valence-corrected chi connectivity index (χ2v) is 5.75. The van der Waals surface area contributed by atoms with Crippen LogP contribution in [-0.2, 0) is 9.53 Å². The summed E-state index contributed by atoms with van der Waals surface area (Å²) in [5.41, 5.74) is -0.438. The van der Waals surface area contributed by atoms with E-state index in [2.05, 4.69) is 17.3 Å². The van der Waals surface area contributed by atoms with E-state index in [-0.39, 0.29) is 5.97 Å². The topological polar surface area (TPSA) is 41.6 Å². The number of hydrogen-bond acceptors (Lipinski definition) is 4. The van der Waals surface area contributed by atoms with Crippen LogP contribution in [0.1, 0.15) is 45.4 Å². The fourth-order valence-electron chi connectivity index (χ4n) is 3.41. The van der Waals surface area contributed by atoms with Gasteiger partial charge in [-0.3, -0.25) is 4.79 Å². The van der Waals surface area contributed by atoms with Crippen LogP contribution in [0.25, 0.3) is 0 Å². The van der Waals surface area contributed by atoms with Crippen molar-refractivity contribution in [3.05, 3.63) is 0 Å². The Morgan fingerprint density at radius 3 is 2.61 bits per heavy atom. The lowest BCUT2D eigenvalue weighted by atomic mass is 9.90. The summed E-state index contributed by atoms with van der Waals surface area (Å²) in [5.74, 6) is -0.0890.